The molecule has 0 fully saturated rings. The molecule has 0 saturated heterocycles. The fourth-order valence-corrected chi connectivity index (χ4v) is 0.418. The van der Waals surface area contributed by atoms with Crippen LogP contribution in [-0.2, 0) is 4.79 Å². The van der Waals surface area contributed by atoms with Crippen molar-refractivity contribution in [3.63, 3.8) is 0 Å². The van der Waals surface area contributed by atoms with Crippen LogP contribution in [-0.4, -0.2) is 10.7 Å². The van der Waals surface area contributed by atoms with E-state index in [1.54, 1.807) is 0 Å². The smallest absolute Gasteiger partial charge is 0.287 e. The summed E-state index contributed by atoms with van der Waals surface area (Å²) in [6, 6.07) is 0. The van der Waals surface area contributed by atoms with E-state index in [0.29, 0.717) is 0 Å². The third-order valence-electron chi connectivity index (χ3n) is 0.274. The van der Waals surface area contributed by atoms with Gasteiger partial charge in [-0.2, -0.15) is 0 Å². The SMILES string of the molecule is CC(=O)NC(=O)Br. The molecule has 0 radical (unpaired) electrons. The van der Waals surface area contributed by atoms with Gasteiger partial charge in [0.2, 0.25) is 5.91 Å². The molecule has 0 aromatic rings. The molecule has 0 atom stereocenters. The van der Waals surface area contributed by atoms with E-state index in [0.717, 1.165) is 0 Å². The molecule has 0 aliphatic rings. The third-order valence-corrected chi connectivity index (χ3v) is 0.473. The van der Waals surface area contributed by atoms with Crippen LogP contribution in [0.2, 0.25) is 0 Å². The molecule has 7 heavy (non-hydrogen) atoms. The monoisotopic (exact) mass is 165 g/mol. The van der Waals surface area contributed by atoms with Gasteiger partial charge < -0.3 is 0 Å². The van der Waals surface area contributed by atoms with Crippen LogP contribution in [0, 0.1) is 0 Å². The van der Waals surface area contributed by atoms with Crippen molar-refractivity contribution in [2.24, 2.45) is 0 Å². The Morgan fingerprint density at radius 2 is 2.00 bits per heavy atom. The Morgan fingerprint density at radius 3 is 2.00 bits per heavy atom. The Balaban J connectivity index is 3.32. The molecule has 0 spiro atoms. The Morgan fingerprint density at radius 1 is 1.57 bits per heavy atom. The number of carbonyl (C=O) groups excluding carboxylic acids is 2. The minimum absolute atomic E-state index is 0.359. The van der Waals surface area contributed by atoms with Crippen LogP contribution in [0.1, 0.15) is 6.92 Å². The predicted octanol–water partition coefficient (Wildman–Crippen LogP) is 0.637. The molecule has 0 rings (SSSR count). The first kappa shape index (κ1) is 6.62. The summed E-state index contributed by atoms with van der Waals surface area (Å²) in [7, 11) is 0. The van der Waals surface area contributed by atoms with Crippen molar-refractivity contribution in [1.82, 2.24) is 5.32 Å². The Bertz CT molecular complexity index is 89.1. The summed E-state index contributed by atoms with van der Waals surface area (Å²) in [5, 5.41) is 1.94. The average molecular weight is 166 g/mol. The Kier molecular flexibility index (Phi) is 2.59. The van der Waals surface area contributed by atoms with E-state index in [4.69, 9.17) is 0 Å². The van der Waals surface area contributed by atoms with Gasteiger partial charge in [-0.15, -0.1) is 0 Å². The van der Waals surface area contributed by atoms with Gasteiger partial charge in [0.1, 0.15) is 0 Å². The molecule has 0 saturated carbocycles. The number of rotatable bonds is 0. The molecular formula is C3H4BrNO2. The maximum Gasteiger partial charge on any atom is 0.293 e. The number of carbonyl (C=O) groups is 2. The van der Waals surface area contributed by atoms with E-state index in [1.165, 1.54) is 6.92 Å². The summed E-state index contributed by atoms with van der Waals surface area (Å²) in [5.41, 5.74) is 0. The van der Waals surface area contributed by atoms with Crippen molar-refractivity contribution < 1.29 is 9.59 Å². The van der Waals surface area contributed by atoms with Gasteiger partial charge in [-0.05, 0) is 0 Å². The van der Waals surface area contributed by atoms with Crippen LogP contribution in [0.5, 0.6) is 0 Å². The van der Waals surface area contributed by atoms with Crippen molar-refractivity contribution in [2.45, 2.75) is 6.92 Å². The van der Waals surface area contributed by atoms with E-state index in [1.807, 2.05) is 5.32 Å². The van der Waals surface area contributed by atoms with Gasteiger partial charge in [0, 0.05) is 22.9 Å². The van der Waals surface area contributed by atoms with E-state index >= 15 is 0 Å². The van der Waals surface area contributed by atoms with Crippen LogP contribution < -0.4 is 5.32 Å². The molecule has 0 aliphatic heterocycles. The van der Waals surface area contributed by atoms with Gasteiger partial charge in [-0.3, -0.25) is 14.9 Å². The van der Waals surface area contributed by atoms with Gasteiger partial charge in [0.25, 0.3) is 4.82 Å². The van der Waals surface area contributed by atoms with E-state index in [9.17, 15) is 9.59 Å². The standard InChI is InChI=1S/C3H4BrNO2/c1-2(6)5-3(4)7/h1H3,(H,5,6,7). The zero-order chi connectivity index (χ0) is 5.86. The van der Waals surface area contributed by atoms with E-state index in [-0.39, 0.29) is 5.91 Å². The number of halogens is 1. The summed E-state index contributed by atoms with van der Waals surface area (Å²) in [4.78, 5) is 19.2. The quantitative estimate of drug-likeness (QED) is 0.423. The molecule has 0 aliphatic carbocycles. The van der Waals surface area contributed by atoms with E-state index < -0.39 is 4.82 Å². The first-order chi connectivity index (χ1) is 3.13. The lowest BCUT2D eigenvalue weighted by molar-refractivity contribution is -0.117. The number of imide groups is 1. The summed E-state index contributed by atoms with van der Waals surface area (Å²) in [5.74, 6) is -0.359. The summed E-state index contributed by atoms with van der Waals surface area (Å²) >= 11 is 2.50. The predicted molar refractivity (Wildman–Crippen MR) is 28.1 cm³/mol. The maximum atomic E-state index is 9.89. The highest BCUT2D eigenvalue weighted by atomic mass is 79.9. The second-order valence-electron chi connectivity index (χ2n) is 0.955. The fourth-order valence-electron chi connectivity index (χ4n) is 0.138. The van der Waals surface area contributed by atoms with Crippen molar-refractivity contribution in [3.8, 4) is 0 Å². The third kappa shape index (κ3) is 5.62. The highest BCUT2D eigenvalue weighted by molar-refractivity contribution is 9.18. The fraction of sp³-hybridized carbons (Fsp3) is 0.333. The highest BCUT2D eigenvalue weighted by Crippen LogP contribution is 1.78. The maximum absolute atomic E-state index is 9.89. The Hall–Kier alpha value is -0.380. The van der Waals surface area contributed by atoms with Crippen molar-refractivity contribution >= 4 is 26.7 Å². The molecule has 0 aromatic heterocycles. The second kappa shape index (κ2) is 2.74. The summed E-state index contributed by atoms with van der Waals surface area (Å²) < 4.78 is 0. The molecule has 1 N–H and O–H groups in total. The van der Waals surface area contributed by atoms with Crippen molar-refractivity contribution in [3.05, 3.63) is 0 Å². The van der Waals surface area contributed by atoms with Crippen molar-refractivity contribution in [2.75, 3.05) is 0 Å². The zero-order valence-corrected chi connectivity index (χ0v) is 5.28. The molecule has 0 bridgehead atoms. The lowest BCUT2D eigenvalue weighted by atomic mass is 10.7. The largest absolute Gasteiger partial charge is 0.293 e. The number of hydrogen-bond donors (Lipinski definition) is 1. The van der Waals surface area contributed by atoms with Gasteiger partial charge in [0.15, 0.2) is 0 Å². The van der Waals surface area contributed by atoms with E-state index in [2.05, 4.69) is 15.9 Å². The van der Waals surface area contributed by atoms with Gasteiger partial charge >= 0.3 is 0 Å². The number of hydrogen-bond acceptors (Lipinski definition) is 2. The van der Waals surface area contributed by atoms with Crippen molar-refractivity contribution in [1.29, 1.82) is 0 Å². The Labute approximate surface area is 49.2 Å². The molecule has 0 unspecified atom stereocenters. The normalized spacial score (nSPS) is 7.71. The first-order valence-electron chi connectivity index (χ1n) is 1.60. The molecule has 40 valence electrons. The minimum atomic E-state index is -0.500. The van der Waals surface area contributed by atoms with Gasteiger partial charge in [0.05, 0.1) is 0 Å². The zero-order valence-electron chi connectivity index (χ0n) is 3.69. The lowest BCUT2D eigenvalue weighted by Gasteiger charge is -1.86. The average Bonchev–Trinajstić information content (AvgIpc) is 1.27. The van der Waals surface area contributed by atoms with Crippen LogP contribution in [0.3, 0.4) is 0 Å². The summed E-state index contributed by atoms with van der Waals surface area (Å²) in [6.45, 7) is 1.26. The molecule has 0 heterocycles. The second-order valence-corrected chi connectivity index (χ2v) is 1.68. The van der Waals surface area contributed by atoms with Gasteiger partial charge in [-0.25, -0.2) is 0 Å². The molecule has 3 nitrogen and oxygen atoms in total. The van der Waals surface area contributed by atoms with Crippen LogP contribution in [0.4, 0.5) is 4.79 Å². The van der Waals surface area contributed by atoms with Crippen LogP contribution >= 0.6 is 15.9 Å². The number of nitrogens with one attached hydrogen (secondary N) is 1. The van der Waals surface area contributed by atoms with Gasteiger partial charge in [-0.1, -0.05) is 0 Å². The topological polar surface area (TPSA) is 46.2 Å². The number of amides is 2. The molecule has 0 aromatic carbocycles. The van der Waals surface area contributed by atoms with Crippen LogP contribution in [0.15, 0.2) is 0 Å². The molecule has 4 heteroatoms. The highest BCUT2D eigenvalue weighted by Gasteiger charge is 1.92. The molecular weight excluding hydrogens is 162 g/mol. The first-order valence-corrected chi connectivity index (χ1v) is 2.39. The lowest BCUT2D eigenvalue weighted by Crippen LogP contribution is -2.21. The molecule has 2 amide bonds. The minimum Gasteiger partial charge on any atom is -0.287 e. The van der Waals surface area contributed by atoms with Crippen LogP contribution in [0.25, 0.3) is 0 Å². The summed E-state index contributed by atoms with van der Waals surface area (Å²) in [6.07, 6.45) is 0.